The number of methoxy groups -OCH3 is 2. The number of anilines is 1. The molecule has 2 aromatic carbocycles. The van der Waals surface area contributed by atoms with Crippen molar-refractivity contribution in [2.45, 2.75) is 77.0 Å². The second-order valence-corrected chi connectivity index (χ2v) is 14.6. The number of thiazole rings is 1. The maximum atomic E-state index is 14.4. The first-order valence-corrected chi connectivity index (χ1v) is 17.8. The molecule has 0 bridgehead atoms. The van der Waals surface area contributed by atoms with Crippen molar-refractivity contribution in [3.05, 3.63) is 59.8 Å². The zero-order valence-corrected chi connectivity index (χ0v) is 29.1. The van der Waals surface area contributed by atoms with Crippen LogP contribution >= 0.6 is 11.3 Å². The third-order valence-electron chi connectivity index (χ3n) is 10.1. The number of benzene rings is 2. The molecule has 1 amide bonds. The molecule has 5 rings (SSSR count). The molecule has 0 unspecified atom stereocenters. The van der Waals surface area contributed by atoms with Gasteiger partial charge in [0.15, 0.2) is 0 Å². The van der Waals surface area contributed by atoms with Gasteiger partial charge in [-0.05, 0) is 132 Å². The number of ketones is 1. The zero-order chi connectivity index (χ0) is 32.6. The second-order valence-electron chi connectivity index (χ2n) is 13.6. The van der Waals surface area contributed by atoms with E-state index in [1.807, 2.05) is 26.4 Å². The molecule has 0 saturated heterocycles. The van der Waals surface area contributed by atoms with Crippen LogP contribution in [0.2, 0.25) is 0 Å². The van der Waals surface area contributed by atoms with Crippen molar-refractivity contribution in [1.82, 2.24) is 9.88 Å². The van der Waals surface area contributed by atoms with E-state index in [9.17, 15) is 9.59 Å². The summed E-state index contributed by atoms with van der Waals surface area (Å²) in [6.07, 6.45) is 11.0. The van der Waals surface area contributed by atoms with Gasteiger partial charge in [-0.3, -0.25) is 9.59 Å². The maximum Gasteiger partial charge on any atom is 0.273 e. The van der Waals surface area contributed by atoms with E-state index in [4.69, 9.17) is 9.47 Å². The monoisotopic (exact) mass is 645 g/mol. The predicted molar refractivity (Wildman–Crippen MR) is 187 cm³/mol. The first kappa shape index (κ1) is 34.1. The first-order chi connectivity index (χ1) is 22.2. The van der Waals surface area contributed by atoms with E-state index >= 15 is 0 Å². The normalized spacial score (nSPS) is 21.6. The molecule has 1 heterocycles. The Morgan fingerprint density at radius 1 is 0.913 bits per heavy atom. The lowest BCUT2D eigenvalue weighted by Crippen LogP contribution is -2.41. The summed E-state index contributed by atoms with van der Waals surface area (Å²) >= 11 is 1.51. The van der Waals surface area contributed by atoms with Gasteiger partial charge in [-0.1, -0.05) is 35.6 Å². The van der Waals surface area contributed by atoms with Gasteiger partial charge < -0.3 is 19.3 Å². The number of ether oxygens (including phenoxy) is 2. The van der Waals surface area contributed by atoms with Crippen LogP contribution in [-0.2, 0) is 9.59 Å². The molecule has 0 atom stereocenters. The van der Waals surface area contributed by atoms with E-state index in [1.54, 1.807) is 14.2 Å². The highest BCUT2D eigenvalue weighted by molar-refractivity contribution is 7.16. The van der Waals surface area contributed by atoms with Crippen molar-refractivity contribution in [3.63, 3.8) is 0 Å². The fraction of sp³-hybridized carbons (Fsp3) is 0.553. The molecule has 7 nitrogen and oxygen atoms in total. The van der Waals surface area contributed by atoms with E-state index in [0.29, 0.717) is 29.2 Å². The zero-order valence-electron chi connectivity index (χ0n) is 28.3. The summed E-state index contributed by atoms with van der Waals surface area (Å²) in [5, 5.41) is 0.630. The molecule has 2 fully saturated rings. The molecule has 2 saturated carbocycles. The smallest absolute Gasteiger partial charge is 0.273 e. The van der Waals surface area contributed by atoms with Crippen molar-refractivity contribution < 1.29 is 19.1 Å². The van der Waals surface area contributed by atoms with Gasteiger partial charge in [-0.15, -0.1) is 0 Å². The van der Waals surface area contributed by atoms with Crippen LogP contribution in [0.4, 0.5) is 5.69 Å². The molecule has 2 aliphatic carbocycles. The summed E-state index contributed by atoms with van der Waals surface area (Å²) in [5.41, 5.74) is 4.57. The van der Waals surface area contributed by atoms with Gasteiger partial charge in [0.05, 0.1) is 19.1 Å². The highest BCUT2D eigenvalue weighted by atomic mass is 32.1. The Morgan fingerprint density at radius 2 is 1.65 bits per heavy atom. The lowest BCUT2D eigenvalue weighted by atomic mass is 9.77. The summed E-state index contributed by atoms with van der Waals surface area (Å²) in [6, 6.07) is 14.9. The Morgan fingerprint density at radius 3 is 2.30 bits per heavy atom. The molecule has 0 aliphatic heterocycles. The van der Waals surface area contributed by atoms with Gasteiger partial charge in [0.25, 0.3) is 5.19 Å². The van der Waals surface area contributed by atoms with Crippen LogP contribution in [0.25, 0.3) is 10.4 Å². The second kappa shape index (κ2) is 16.1. The Balaban J connectivity index is 1.28. The van der Waals surface area contributed by atoms with Gasteiger partial charge in [0.1, 0.15) is 11.5 Å². The summed E-state index contributed by atoms with van der Waals surface area (Å²) in [4.78, 5) is 36.9. The van der Waals surface area contributed by atoms with Crippen molar-refractivity contribution in [2.75, 3.05) is 46.3 Å². The Kier molecular flexibility index (Phi) is 11.9. The number of Topliss-reactive ketones (excluding diaryl/α,β-unsaturated/α-hetero) is 1. The molecule has 248 valence electrons. The number of carbonyl (C=O) groups is 2. The van der Waals surface area contributed by atoms with Crippen molar-refractivity contribution >= 4 is 28.7 Å². The van der Waals surface area contributed by atoms with Crippen LogP contribution < -0.4 is 14.4 Å². The van der Waals surface area contributed by atoms with Crippen LogP contribution in [0.1, 0.15) is 81.3 Å². The van der Waals surface area contributed by atoms with Crippen molar-refractivity contribution in [3.8, 4) is 21.4 Å². The average molecular weight is 646 g/mol. The third kappa shape index (κ3) is 8.56. The number of hydrogen-bond donors (Lipinski definition) is 0. The molecule has 1 aromatic heterocycles. The maximum absolute atomic E-state index is 14.4. The standard InChI is InChI=1S/C38H51N3O4S/c1-26-22-31(19-20-35(26)44-4)28-13-11-27(12-14-28)25-41(33-9-6-8-32(23-33)36-24-39-38(45-5)46-36)37(43)30-17-15-29(16-18-30)34(42)10-7-21-40(2)3/h6,8-9,19-20,22-24,27-30H,7,10-18,21,25H2,1-5H3. The van der Waals surface area contributed by atoms with Crippen molar-refractivity contribution in [1.29, 1.82) is 0 Å². The SMILES string of the molecule is COc1ncc(-c2cccc(N(CC3CCC(c4ccc(OC)c(C)c4)CC3)C(=O)C3CCC(C(=O)CCCN(C)C)CC3)c2)s1. The predicted octanol–water partition coefficient (Wildman–Crippen LogP) is 8.16. The van der Waals surface area contributed by atoms with Crippen LogP contribution in [0.3, 0.4) is 0 Å². The summed E-state index contributed by atoms with van der Waals surface area (Å²) in [5.74, 6) is 2.57. The number of rotatable bonds is 13. The number of hydrogen-bond acceptors (Lipinski definition) is 7. The molecule has 46 heavy (non-hydrogen) atoms. The van der Waals surface area contributed by atoms with Gasteiger partial charge in [-0.2, -0.15) is 0 Å². The number of aromatic nitrogens is 1. The van der Waals surface area contributed by atoms with E-state index < -0.39 is 0 Å². The molecule has 0 radical (unpaired) electrons. The highest BCUT2D eigenvalue weighted by Crippen LogP contribution is 2.40. The van der Waals surface area contributed by atoms with Crippen LogP contribution in [0.5, 0.6) is 10.9 Å². The van der Waals surface area contributed by atoms with Gasteiger partial charge >= 0.3 is 0 Å². The number of aryl methyl sites for hydroxylation is 1. The molecule has 3 aromatic rings. The van der Waals surface area contributed by atoms with E-state index in [0.717, 1.165) is 92.8 Å². The number of amides is 1. The van der Waals surface area contributed by atoms with Gasteiger partial charge in [0.2, 0.25) is 5.91 Å². The topological polar surface area (TPSA) is 72.0 Å². The highest BCUT2D eigenvalue weighted by Gasteiger charge is 2.34. The minimum absolute atomic E-state index is 0.0448. The van der Waals surface area contributed by atoms with Gasteiger partial charge in [-0.25, -0.2) is 4.98 Å². The lowest BCUT2D eigenvalue weighted by molar-refractivity contribution is -0.128. The minimum Gasteiger partial charge on any atom is -0.496 e. The molecule has 8 heteroatoms. The fourth-order valence-electron chi connectivity index (χ4n) is 7.38. The Labute approximate surface area is 279 Å². The minimum atomic E-state index is -0.0448. The van der Waals surface area contributed by atoms with Gasteiger partial charge in [0, 0.05) is 36.7 Å². The molecule has 0 N–H and O–H groups in total. The van der Waals surface area contributed by atoms with E-state index in [-0.39, 0.29) is 17.7 Å². The first-order valence-electron chi connectivity index (χ1n) is 17.0. The third-order valence-corrected chi connectivity index (χ3v) is 11.1. The lowest BCUT2D eigenvalue weighted by Gasteiger charge is -2.36. The Hall–Kier alpha value is -3.23. The summed E-state index contributed by atoms with van der Waals surface area (Å²) < 4.78 is 10.8. The van der Waals surface area contributed by atoms with Crippen molar-refractivity contribution in [2.24, 2.45) is 17.8 Å². The summed E-state index contributed by atoms with van der Waals surface area (Å²) in [6.45, 7) is 3.78. The van der Waals surface area contributed by atoms with Crippen LogP contribution in [-0.4, -0.2) is 63.0 Å². The van der Waals surface area contributed by atoms with Crippen LogP contribution in [0, 0.1) is 24.7 Å². The number of carbonyl (C=O) groups excluding carboxylic acids is 2. The molecular formula is C38H51N3O4S. The summed E-state index contributed by atoms with van der Waals surface area (Å²) in [7, 11) is 7.45. The molecular weight excluding hydrogens is 595 g/mol. The number of nitrogens with zero attached hydrogens (tertiary/aromatic N) is 3. The fourth-order valence-corrected chi connectivity index (χ4v) is 8.11. The van der Waals surface area contributed by atoms with Crippen LogP contribution in [0.15, 0.2) is 48.7 Å². The quantitative estimate of drug-likeness (QED) is 0.187. The van der Waals surface area contributed by atoms with E-state index in [1.165, 1.54) is 22.5 Å². The Bertz CT molecular complexity index is 1450. The largest absolute Gasteiger partial charge is 0.496 e. The molecule has 2 aliphatic rings. The average Bonchev–Trinajstić information content (AvgIpc) is 3.57. The molecule has 0 spiro atoms. The van der Waals surface area contributed by atoms with E-state index in [2.05, 4.69) is 58.1 Å².